The van der Waals surface area contributed by atoms with Gasteiger partial charge in [-0.05, 0) is 39.1 Å². The molecule has 1 unspecified atom stereocenters. The molecule has 1 atom stereocenters. The molecule has 0 aliphatic carbocycles. The third kappa shape index (κ3) is 4.77. The van der Waals surface area contributed by atoms with E-state index in [2.05, 4.69) is 76.9 Å². The van der Waals surface area contributed by atoms with Crippen LogP contribution in [0.25, 0.3) is 10.9 Å². The highest BCUT2D eigenvalue weighted by atomic mass is 15.3. The number of aromatic nitrogens is 1. The Labute approximate surface area is 156 Å². The van der Waals surface area contributed by atoms with Gasteiger partial charge in [-0.3, -0.25) is 9.89 Å². The van der Waals surface area contributed by atoms with E-state index in [1.54, 1.807) is 0 Å². The zero-order chi connectivity index (χ0) is 18.4. The predicted octanol–water partition coefficient (Wildman–Crippen LogP) is 1.51. The molecular weight excluding hydrogens is 324 g/mol. The summed E-state index contributed by atoms with van der Waals surface area (Å²) in [5.41, 5.74) is 2.55. The molecule has 0 radical (unpaired) electrons. The molecule has 0 amide bonds. The lowest BCUT2D eigenvalue weighted by atomic mass is 10.1. The average Bonchev–Trinajstić information content (AvgIpc) is 3.05. The molecule has 1 aliphatic heterocycles. The number of rotatable bonds is 6. The Bertz CT molecular complexity index is 722. The minimum Gasteiger partial charge on any atom is -0.361 e. The number of hydrogen-bond acceptors (Lipinski definition) is 3. The van der Waals surface area contributed by atoms with Crippen LogP contribution in [0.1, 0.15) is 12.5 Å². The summed E-state index contributed by atoms with van der Waals surface area (Å²) in [5, 5.41) is 8.16. The molecule has 1 aliphatic rings. The fourth-order valence-electron chi connectivity index (χ4n) is 3.49. The number of fused-ring (bicyclic) bond motifs is 1. The molecule has 6 heteroatoms. The van der Waals surface area contributed by atoms with Gasteiger partial charge in [0.15, 0.2) is 5.96 Å². The van der Waals surface area contributed by atoms with Crippen molar-refractivity contribution in [2.45, 2.75) is 19.4 Å². The summed E-state index contributed by atoms with van der Waals surface area (Å²) in [6.45, 7) is 8.00. The number of H-pyrrole nitrogens is 1. The number of aromatic amines is 1. The van der Waals surface area contributed by atoms with E-state index in [1.807, 2.05) is 0 Å². The first-order valence-corrected chi connectivity index (χ1v) is 9.63. The molecule has 0 bridgehead atoms. The maximum Gasteiger partial charge on any atom is 0.191 e. The molecule has 1 fully saturated rings. The summed E-state index contributed by atoms with van der Waals surface area (Å²) in [6, 6.07) is 8.94. The fraction of sp³-hybridized carbons (Fsp3) is 0.550. The van der Waals surface area contributed by atoms with Crippen molar-refractivity contribution in [1.29, 1.82) is 0 Å². The first-order chi connectivity index (χ1) is 12.7. The second-order valence-electron chi connectivity index (χ2n) is 7.15. The number of benzene rings is 1. The van der Waals surface area contributed by atoms with Crippen LogP contribution in [0.15, 0.2) is 35.5 Å². The molecular formula is C20H32N6. The average molecular weight is 357 g/mol. The number of guanidine groups is 1. The third-order valence-corrected chi connectivity index (χ3v) is 5.15. The molecule has 6 nitrogen and oxygen atoms in total. The lowest BCUT2D eigenvalue weighted by Crippen LogP contribution is -2.51. The Morgan fingerprint density at radius 3 is 2.92 bits per heavy atom. The van der Waals surface area contributed by atoms with Crippen LogP contribution in [0, 0.1) is 0 Å². The van der Waals surface area contributed by atoms with Gasteiger partial charge in [-0.2, -0.15) is 0 Å². The maximum atomic E-state index is 4.82. The number of nitrogens with one attached hydrogen (secondary N) is 3. The first kappa shape index (κ1) is 18.7. The van der Waals surface area contributed by atoms with Crippen molar-refractivity contribution in [3.05, 3.63) is 36.0 Å². The minimum absolute atomic E-state index is 0.484. The van der Waals surface area contributed by atoms with Crippen LogP contribution in [0.5, 0.6) is 0 Å². The topological polar surface area (TPSA) is 58.7 Å². The van der Waals surface area contributed by atoms with Gasteiger partial charge in [0, 0.05) is 55.9 Å². The molecule has 2 heterocycles. The summed E-state index contributed by atoms with van der Waals surface area (Å²) in [6.07, 6.45) is 3.09. The number of para-hydroxylation sites is 1. The standard InChI is InChI=1S/C20H32N6/c1-4-21-20(24-14-17-15-25(2)11-12-26(17)3)22-10-9-16-13-23-19-8-6-5-7-18(16)19/h5-8,13,17,23H,4,9-12,14-15H2,1-3H3,(H2,21,22,24). The van der Waals surface area contributed by atoms with E-state index >= 15 is 0 Å². The summed E-state index contributed by atoms with van der Waals surface area (Å²) >= 11 is 0. The lowest BCUT2D eigenvalue weighted by Gasteiger charge is -2.36. The highest BCUT2D eigenvalue weighted by Gasteiger charge is 2.21. The van der Waals surface area contributed by atoms with Crippen molar-refractivity contribution >= 4 is 16.9 Å². The number of hydrogen-bond donors (Lipinski definition) is 3. The van der Waals surface area contributed by atoms with Gasteiger partial charge >= 0.3 is 0 Å². The van der Waals surface area contributed by atoms with Crippen LogP contribution < -0.4 is 10.6 Å². The molecule has 2 aromatic rings. The normalized spacial score (nSPS) is 19.8. The summed E-state index contributed by atoms with van der Waals surface area (Å²) in [5.74, 6) is 0.911. The van der Waals surface area contributed by atoms with Gasteiger partial charge in [0.2, 0.25) is 0 Å². The van der Waals surface area contributed by atoms with Crippen LogP contribution in [0.3, 0.4) is 0 Å². The zero-order valence-electron chi connectivity index (χ0n) is 16.3. The molecule has 0 saturated carbocycles. The van der Waals surface area contributed by atoms with Crippen molar-refractivity contribution in [2.75, 3.05) is 53.4 Å². The fourth-order valence-corrected chi connectivity index (χ4v) is 3.49. The smallest absolute Gasteiger partial charge is 0.191 e. The number of aliphatic imine (C=N–C) groups is 1. The van der Waals surface area contributed by atoms with E-state index in [4.69, 9.17) is 4.99 Å². The van der Waals surface area contributed by atoms with Gasteiger partial charge in [0.25, 0.3) is 0 Å². The minimum atomic E-state index is 0.484. The third-order valence-electron chi connectivity index (χ3n) is 5.15. The zero-order valence-corrected chi connectivity index (χ0v) is 16.3. The van der Waals surface area contributed by atoms with Crippen molar-refractivity contribution in [2.24, 2.45) is 4.99 Å². The highest BCUT2D eigenvalue weighted by molar-refractivity contribution is 5.83. The van der Waals surface area contributed by atoms with Gasteiger partial charge in [0.05, 0.1) is 6.54 Å². The Kier molecular flexibility index (Phi) is 6.52. The van der Waals surface area contributed by atoms with E-state index in [-0.39, 0.29) is 0 Å². The number of nitrogens with zero attached hydrogens (tertiary/aromatic N) is 3. The van der Waals surface area contributed by atoms with Crippen molar-refractivity contribution < 1.29 is 0 Å². The number of likely N-dealkylation sites (N-methyl/N-ethyl adjacent to an activating group) is 2. The number of piperazine rings is 1. The first-order valence-electron chi connectivity index (χ1n) is 9.63. The Hall–Kier alpha value is -2.05. The van der Waals surface area contributed by atoms with Crippen LogP contribution in [-0.2, 0) is 6.42 Å². The molecule has 1 aromatic heterocycles. The van der Waals surface area contributed by atoms with Crippen LogP contribution in [0.4, 0.5) is 0 Å². The summed E-state index contributed by atoms with van der Waals surface area (Å²) < 4.78 is 0. The van der Waals surface area contributed by atoms with Gasteiger partial charge in [-0.15, -0.1) is 0 Å². The van der Waals surface area contributed by atoms with E-state index in [9.17, 15) is 0 Å². The van der Waals surface area contributed by atoms with Gasteiger partial charge < -0.3 is 20.5 Å². The Morgan fingerprint density at radius 1 is 1.23 bits per heavy atom. The summed E-state index contributed by atoms with van der Waals surface area (Å²) in [4.78, 5) is 13.0. The largest absolute Gasteiger partial charge is 0.361 e. The second-order valence-corrected chi connectivity index (χ2v) is 7.15. The van der Waals surface area contributed by atoms with Crippen LogP contribution in [-0.4, -0.2) is 80.1 Å². The van der Waals surface area contributed by atoms with Gasteiger partial charge in [-0.25, -0.2) is 0 Å². The van der Waals surface area contributed by atoms with E-state index in [1.165, 1.54) is 16.5 Å². The van der Waals surface area contributed by atoms with E-state index in [0.717, 1.165) is 51.6 Å². The molecule has 26 heavy (non-hydrogen) atoms. The molecule has 3 rings (SSSR count). The Morgan fingerprint density at radius 2 is 2.08 bits per heavy atom. The predicted molar refractivity (Wildman–Crippen MR) is 110 cm³/mol. The van der Waals surface area contributed by atoms with Crippen molar-refractivity contribution in [3.8, 4) is 0 Å². The van der Waals surface area contributed by atoms with E-state index in [0.29, 0.717) is 6.04 Å². The van der Waals surface area contributed by atoms with Crippen LogP contribution >= 0.6 is 0 Å². The summed E-state index contributed by atoms with van der Waals surface area (Å²) in [7, 11) is 4.39. The monoisotopic (exact) mass is 356 g/mol. The van der Waals surface area contributed by atoms with Crippen molar-refractivity contribution in [1.82, 2.24) is 25.4 Å². The quantitative estimate of drug-likeness (QED) is 0.542. The highest BCUT2D eigenvalue weighted by Crippen LogP contribution is 2.17. The molecule has 142 valence electrons. The van der Waals surface area contributed by atoms with Gasteiger partial charge in [-0.1, -0.05) is 18.2 Å². The Balaban J connectivity index is 1.54. The SMILES string of the molecule is CCNC(=NCC1CN(C)CCN1C)NCCc1c[nH]c2ccccc12. The lowest BCUT2D eigenvalue weighted by molar-refractivity contribution is 0.119. The molecule has 1 saturated heterocycles. The molecule has 0 spiro atoms. The van der Waals surface area contributed by atoms with Crippen molar-refractivity contribution in [3.63, 3.8) is 0 Å². The maximum absolute atomic E-state index is 4.82. The second kappa shape index (κ2) is 9.05. The molecule has 1 aromatic carbocycles. The van der Waals surface area contributed by atoms with Crippen LogP contribution in [0.2, 0.25) is 0 Å². The van der Waals surface area contributed by atoms with Gasteiger partial charge in [0.1, 0.15) is 0 Å². The van der Waals surface area contributed by atoms with E-state index < -0.39 is 0 Å². The molecule has 3 N–H and O–H groups in total.